The van der Waals surface area contributed by atoms with Gasteiger partial charge in [0.15, 0.2) is 0 Å². The van der Waals surface area contributed by atoms with Crippen molar-refractivity contribution in [1.82, 2.24) is 25.1 Å². The van der Waals surface area contributed by atoms with Crippen molar-refractivity contribution in [3.8, 4) is 0 Å². The zero-order valence-electron chi connectivity index (χ0n) is 24.9. The smallest absolute Gasteiger partial charge is 0.367 e. The second-order valence-corrected chi connectivity index (χ2v) is 13.6. The van der Waals surface area contributed by atoms with Crippen molar-refractivity contribution in [2.75, 3.05) is 10.2 Å². The number of carbonyl (C=O) groups is 1. The summed E-state index contributed by atoms with van der Waals surface area (Å²) >= 11 is 0. The van der Waals surface area contributed by atoms with Gasteiger partial charge in [0.25, 0.3) is 5.91 Å². The van der Waals surface area contributed by atoms with Crippen LogP contribution in [0.3, 0.4) is 0 Å². The molecule has 0 unspecified atom stereocenters. The fourth-order valence-electron chi connectivity index (χ4n) is 7.37. The van der Waals surface area contributed by atoms with Crippen LogP contribution in [0, 0.1) is 5.92 Å². The molecule has 7 rings (SSSR count). The summed E-state index contributed by atoms with van der Waals surface area (Å²) in [5, 5.41) is 15.5. The highest BCUT2D eigenvalue weighted by Gasteiger charge is 2.49. The maximum atomic E-state index is 14.4. The highest BCUT2D eigenvalue weighted by Crippen LogP contribution is 2.52. The fraction of sp³-hybridized carbons (Fsp3) is 0.562. The first-order valence-corrected chi connectivity index (χ1v) is 15.4. The van der Waals surface area contributed by atoms with Crippen molar-refractivity contribution in [3.05, 3.63) is 64.2 Å². The van der Waals surface area contributed by atoms with Crippen LogP contribution < -0.4 is 15.5 Å². The number of rotatable bonds is 8. The van der Waals surface area contributed by atoms with Crippen molar-refractivity contribution in [2.24, 2.45) is 13.0 Å². The van der Waals surface area contributed by atoms with Crippen molar-refractivity contribution in [2.45, 2.75) is 101 Å². The molecule has 8 nitrogen and oxygen atoms in total. The first-order chi connectivity index (χ1) is 20.4. The second kappa shape index (κ2) is 10.0. The number of alkyl halides is 3. The third-order valence-electron chi connectivity index (χ3n) is 10.2. The van der Waals surface area contributed by atoms with Gasteiger partial charge in [-0.2, -0.15) is 13.2 Å². The average Bonchev–Trinajstić information content (AvgIpc) is 3.48. The predicted octanol–water partition coefficient (Wildman–Crippen LogP) is 6.10. The van der Waals surface area contributed by atoms with Crippen LogP contribution >= 0.6 is 0 Å². The monoisotopic (exact) mass is 593 g/mol. The Labute approximate surface area is 249 Å². The van der Waals surface area contributed by atoms with Crippen LogP contribution in [0.2, 0.25) is 0 Å². The molecule has 1 aliphatic heterocycles. The topological polar surface area (TPSA) is 88.0 Å². The Morgan fingerprint density at radius 1 is 1.09 bits per heavy atom. The van der Waals surface area contributed by atoms with Crippen LogP contribution in [0.15, 0.2) is 30.6 Å². The SMILES string of the molecule is Cn1cnnc1[C@]1(c2cc(NC3CCC3)nc(N3Cc4c(cc(CNC5(C)CCC5)cc4C(F)(F)F)C3=O)c2)C[C@@H](C)C1. The molecule has 0 radical (unpaired) electrons. The first kappa shape index (κ1) is 28.3. The maximum Gasteiger partial charge on any atom is 0.416 e. The number of anilines is 2. The molecule has 3 aromatic rings. The normalized spacial score (nSPS) is 24.7. The maximum absolute atomic E-state index is 14.4. The molecule has 2 N–H and O–H groups in total. The van der Waals surface area contributed by atoms with E-state index in [9.17, 15) is 18.0 Å². The minimum absolute atomic E-state index is 0.0112. The van der Waals surface area contributed by atoms with E-state index in [0.717, 1.165) is 62.8 Å². The van der Waals surface area contributed by atoms with Crippen LogP contribution in [-0.4, -0.2) is 37.2 Å². The molecule has 3 aliphatic carbocycles. The van der Waals surface area contributed by atoms with Gasteiger partial charge in [0.1, 0.15) is 23.8 Å². The number of aromatic nitrogens is 4. The number of halogens is 3. The van der Waals surface area contributed by atoms with E-state index in [2.05, 4.69) is 34.7 Å². The first-order valence-electron chi connectivity index (χ1n) is 15.4. The van der Waals surface area contributed by atoms with E-state index in [1.807, 2.05) is 23.7 Å². The molecule has 3 saturated carbocycles. The van der Waals surface area contributed by atoms with Gasteiger partial charge in [-0.05, 0) is 105 Å². The lowest BCUT2D eigenvalue weighted by molar-refractivity contribution is -0.138. The molecule has 3 fully saturated rings. The molecule has 0 spiro atoms. The van der Waals surface area contributed by atoms with Gasteiger partial charge in [0, 0.05) is 30.7 Å². The molecule has 1 aromatic carbocycles. The Kier molecular flexibility index (Phi) is 6.61. The Hall–Kier alpha value is -3.47. The number of nitrogens with one attached hydrogen (secondary N) is 2. The van der Waals surface area contributed by atoms with Gasteiger partial charge < -0.3 is 15.2 Å². The number of pyridine rings is 1. The Morgan fingerprint density at radius 3 is 2.44 bits per heavy atom. The number of carbonyl (C=O) groups excluding carboxylic acids is 1. The van der Waals surface area contributed by atoms with Crippen molar-refractivity contribution < 1.29 is 18.0 Å². The van der Waals surface area contributed by atoms with Gasteiger partial charge in [0.05, 0.1) is 17.5 Å². The van der Waals surface area contributed by atoms with Crippen LogP contribution in [-0.2, 0) is 31.7 Å². The third kappa shape index (κ3) is 4.89. The molecule has 0 bridgehead atoms. The van der Waals surface area contributed by atoms with E-state index in [1.165, 1.54) is 11.0 Å². The zero-order valence-corrected chi connectivity index (χ0v) is 24.9. The molecule has 4 aliphatic rings. The summed E-state index contributed by atoms with van der Waals surface area (Å²) in [6.45, 7) is 4.39. The van der Waals surface area contributed by atoms with Crippen LogP contribution in [0.25, 0.3) is 0 Å². The Morgan fingerprint density at radius 2 is 1.86 bits per heavy atom. The van der Waals surface area contributed by atoms with Crippen LogP contribution in [0.5, 0.6) is 0 Å². The molecule has 228 valence electrons. The van der Waals surface area contributed by atoms with Gasteiger partial charge in [-0.1, -0.05) is 6.92 Å². The van der Waals surface area contributed by atoms with E-state index in [0.29, 0.717) is 23.1 Å². The molecule has 1 amide bonds. The summed E-state index contributed by atoms with van der Waals surface area (Å²) in [4.78, 5) is 20.2. The number of amides is 1. The number of benzene rings is 1. The molecule has 11 heteroatoms. The van der Waals surface area contributed by atoms with Gasteiger partial charge in [-0.3, -0.25) is 9.69 Å². The van der Waals surface area contributed by atoms with Crippen molar-refractivity contribution >= 4 is 17.5 Å². The van der Waals surface area contributed by atoms with Crippen molar-refractivity contribution in [1.29, 1.82) is 0 Å². The molecule has 0 atom stereocenters. The largest absolute Gasteiger partial charge is 0.416 e. The highest BCUT2D eigenvalue weighted by atomic mass is 19.4. The molecule has 0 saturated heterocycles. The Bertz CT molecular complexity index is 1570. The highest BCUT2D eigenvalue weighted by molar-refractivity contribution is 6.10. The summed E-state index contributed by atoms with van der Waals surface area (Å²) in [5.41, 5.74) is 0.299. The lowest BCUT2D eigenvalue weighted by Gasteiger charge is -2.46. The summed E-state index contributed by atoms with van der Waals surface area (Å²) in [5.74, 6) is 1.85. The Balaban J connectivity index is 1.28. The van der Waals surface area contributed by atoms with Gasteiger partial charge in [-0.15, -0.1) is 10.2 Å². The lowest BCUT2D eigenvalue weighted by atomic mass is 9.58. The standard InChI is InChI=1S/C32H38F3N7O/c1-19-14-31(15-19,29-40-37-18-41(29)3)21-12-26(38-22-6-4-7-22)39-27(13-21)42-17-24-23(28(42)43)10-20(11-25(24)32(33,34)35)16-36-30(2)8-5-9-30/h10-13,18-19,22,36H,4-9,14-17H2,1-3H3,(H,38,39)/t19-,31-. The molecule has 43 heavy (non-hydrogen) atoms. The summed E-state index contributed by atoms with van der Waals surface area (Å²) in [6, 6.07) is 7.04. The minimum atomic E-state index is -4.58. The number of nitrogens with zero attached hydrogens (tertiary/aromatic N) is 5. The van der Waals surface area contributed by atoms with Gasteiger partial charge in [-0.25, -0.2) is 4.98 Å². The number of aryl methyl sites for hydroxylation is 1. The van der Waals surface area contributed by atoms with E-state index in [-0.39, 0.29) is 35.8 Å². The summed E-state index contributed by atoms with van der Waals surface area (Å²) < 4.78 is 45.1. The molecule has 2 aromatic heterocycles. The molecule has 3 heterocycles. The number of fused-ring (bicyclic) bond motifs is 1. The predicted molar refractivity (Wildman–Crippen MR) is 157 cm³/mol. The van der Waals surface area contributed by atoms with E-state index >= 15 is 0 Å². The van der Waals surface area contributed by atoms with Crippen molar-refractivity contribution in [3.63, 3.8) is 0 Å². The fourth-order valence-corrected chi connectivity index (χ4v) is 7.37. The zero-order chi connectivity index (χ0) is 30.1. The average molecular weight is 594 g/mol. The summed E-state index contributed by atoms with van der Waals surface area (Å²) in [6.07, 6.45) is 5.11. The number of hydrogen-bond acceptors (Lipinski definition) is 6. The lowest BCUT2D eigenvalue weighted by Crippen LogP contribution is -2.47. The van der Waals surface area contributed by atoms with Gasteiger partial charge in [0.2, 0.25) is 0 Å². The quantitative estimate of drug-likeness (QED) is 0.328. The minimum Gasteiger partial charge on any atom is -0.367 e. The van der Waals surface area contributed by atoms with Crippen LogP contribution in [0.1, 0.15) is 104 Å². The molecular weight excluding hydrogens is 555 g/mol. The van der Waals surface area contributed by atoms with E-state index < -0.39 is 23.1 Å². The molecular formula is C32H38F3N7O. The van der Waals surface area contributed by atoms with Gasteiger partial charge >= 0.3 is 6.18 Å². The third-order valence-corrected chi connectivity index (χ3v) is 10.2. The van der Waals surface area contributed by atoms with E-state index in [4.69, 9.17) is 4.98 Å². The van der Waals surface area contributed by atoms with Crippen LogP contribution in [0.4, 0.5) is 24.8 Å². The number of hydrogen-bond donors (Lipinski definition) is 2. The van der Waals surface area contributed by atoms with E-state index in [1.54, 1.807) is 12.4 Å². The second-order valence-electron chi connectivity index (χ2n) is 13.6. The summed E-state index contributed by atoms with van der Waals surface area (Å²) in [7, 11) is 1.92.